The van der Waals surface area contributed by atoms with Crippen molar-refractivity contribution in [1.82, 2.24) is 0 Å². The second-order valence-corrected chi connectivity index (χ2v) is 2.39. The lowest BCUT2D eigenvalue weighted by molar-refractivity contribution is -0.105. The first-order chi connectivity index (χ1) is 5.86. The Bertz CT molecular complexity index is 243. The fraction of sp³-hybridized carbons (Fsp3) is 0.222. The monoisotopic (exact) mass is 165 g/mol. The Morgan fingerprint density at radius 2 is 2.08 bits per heavy atom. The van der Waals surface area contributed by atoms with Gasteiger partial charge in [0.1, 0.15) is 0 Å². The zero-order chi connectivity index (χ0) is 8.81. The summed E-state index contributed by atoms with van der Waals surface area (Å²) < 4.78 is 4.94. The van der Waals surface area contributed by atoms with Gasteiger partial charge < -0.3 is 10.1 Å². The first kappa shape index (κ1) is 8.74. The summed E-state index contributed by atoms with van der Waals surface area (Å²) in [4.78, 5) is 10.0. The largest absolute Gasteiger partial charge is 0.380 e. The van der Waals surface area contributed by atoms with Crippen LogP contribution in [0.4, 0.5) is 5.69 Å². The molecule has 0 saturated heterocycles. The van der Waals surface area contributed by atoms with Crippen LogP contribution in [0.25, 0.3) is 0 Å². The van der Waals surface area contributed by atoms with Crippen LogP contribution in [0.3, 0.4) is 0 Å². The smallest absolute Gasteiger partial charge is 0.211 e. The number of ether oxygens (including phenoxy) is 1. The summed E-state index contributed by atoms with van der Waals surface area (Å²) in [6.07, 6.45) is 0.658. The van der Waals surface area contributed by atoms with E-state index < -0.39 is 0 Å². The van der Waals surface area contributed by atoms with Gasteiger partial charge in [-0.1, -0.05) is 12.1 Å². The number of carbonyl (C=O) groups excluding carboxylic acids is 1. The van der Waals surface area contributed by atoms with E-state index in [1.165, 1.54) is 0 Å². The Labute approximate surface area is 71.4 Å². The lowest BCUT2D eigenvalue weighted by Gasteiger charge is -2.01. The molecule has 0 aliphatic rings. The first-order valence-electron chi connectivity index (χ1n) is 3.65. The van der Waals surface area contributed by atoms with Crippen LogP contribution in [0.15, 0.2) is 24.3 Å². The number of hydrogen-bond acceptors (Lipinski definition) is 2. The van der Waals surface area contributed by atoms with Crippen LogP contribution in [0, 0.1) is 0 Å². The molecule has 1 amide bonds. The Morgan fingerprint density at radius 3 is 2.58 bits per heavy atom. The third-order valence-electron chi connectivity index (χ3n) is 1.49. The average Bonchev–Trinajstić information content (AvgIpc) is 2.09. The van der Waals surface area contributed by atoms with Crippen molar-refractivity contribution in [2.24, 2.45) is 0 Å². The fourth-order valence-corrected chi connectivity index (χ4v) is 0.932. The van der Waals surface area contributed by atoms with Gasteiger partial charge in [0.05, 0.1) is 6.61 Å². The van der Waals surface area contributed by atoms with Gasteiger partial charge in [0.25, 0.3) is 0 Å². The lowest BCUT2D eigenvalue weighted by Crippen LogP contribution is -1.94. The number of anilines is 1. The number of amides is 1. The van der Waals surface area contributed by atoms with E-state index in [4.69, 9.17) is 4.74 Å². The highest BCUT2D eigenvalue weighted by Gasteiger charge is 1.91. The van der Waals surface area contributed by atoms with Gasteiger partial charge in [-0.2, -0.15) is 0 Å². The molecule has 0 spiro atoms. The van der Waals surface area contributed by atoms with Crippen molar-refractivity contribution in [1.29, 1.82) is 0 Å². The Hall–Kier alpha value is -1.35. The van der Waals surface area contributed by atoms with Crippen molar-refractivity contribution in [2.75, 3.05) is 12.4 Å². The molecule has 3 heteroatoms. The van der Waals surface area contributed by atoms with Crippen LogP contribution in [0.2, 0.25) is 0 Å². The second kappa shape index (κ2) is 4.51. The van der Waals surface area contributed by atoms with E-state index in [2.05, 4.69) is 5.32 Å². The summed E-state index contributed by atoms with van der Waals surface area (Å²) in [5.41, 5.74) is 1.89. The summed E-state index contributed by atoms with van der Waals surface area (Å²) in [5.74, 6) is 0. The maximum Gasteiger partial charge on any atom is 0.211 e. The molecule has 1 N–H and O–H groups in total. The molecular formula is C9H11NO2. The standard InChI is InChI=1S/C9H11NO2/c1-12-6-8-2-4-9(5-3-8)10-7-11/h2-5,7H,6H2,1H3,(H,10,11). The van der Waals surface area contributed by atoms with Crippen LogP contribution in [-0.4, -0.2) is 13.5 Å². The lowest BCUT2D eigenvalue weighted by atomic mass is 10.2. The third kappa shape index (κ3) is 2.36. The van der Waals surface area contributed by atoms with Crippen molar-refractivity contribution in [2.45, 2.75) is 6.61 Å². The number of rotatable bonds is 4. The van der Waals surface area contributed by atoms with Crippen LogP contribution in [0.5, 0.6) is 0 Å². The highest BCUT2D eigenvalue weighted by molar-refractivity contribution is 5.70. The summed E-state index contributed by atoms with van der Waals surface area (Å²) in [6.45, 7) is 0.599. The molecule has 1 aromatic rings. The third-order valence-corrected chi connectivity index (χ3v) is 1.49. The van der Waals surface area contributed by atoms with Crippen LogP contribution in [0.1, 0.15) is 5.56 Å². The van der Waals surface area contributed by atoms with Crippen molar-refractivity contribution >= 4 is 12.1 Å². The summed E-state index contributed by atoms with van der Waals surface area (Å²) in [7, 11) is 1.65. The van der Waals surface area contributed by atoms with Gasteiger partial charge in [-0.15, -0.1) is 0 Å². The second-order valence-electron chi connectivity index (χ2n) is 2.39. The molecule has 0 bridgehead atoms. The molecule has 0 radical (unpaired) electrons. The van der Waals surface area contributed by atoms with E-state index in [1.54, 1.807) is 7.11 Å². The molecule has 1 rings (SSSR count). The van der Waals surface area contributed by atoms with Crippen molar-refractivity contribution in [3.63, 3.8) is 0 Å². The van der Waals surface area contributed by atoms with Crippen molar-refractivity contribution in [3.8, 4) is 0 Å². The predicted molar refractivity (Wildman–Crippen MR) is 46.8 cm³/mol. The topological polar surface area (TPSA) is 38.3 Å². The van der Waals surface area contributed by atoms with Crippen molar-refractivity contribution < 1.29 is 9.53 Å². The highest BCUT2D eigenvalue weighted by atomic mass is 16.5. The average molecular weight is 165 g/mol. The number of nitrogens with one attached hydrogen (secondary N) is 1. The maximum atomic E-state index is 10.0. The van der Waals surface area contributed by atoms with Gasteiger partial charge in [0.15, 0.2) is 0 Å². The molecule has 12 heavy (non-hydrogen) atoms. The van der Waals surface area contributed by atoms with Gasteiger partial charge in [-0.25, -0.2) is 0 Å². The van der Waals surface area contributed by atoms with Gasteiger partial charge in [0, 0.05) is 12.8 Å². The molecule has 3 nitrogen and oxygen atoms in total. The summed E-state index contributed by atoms with van der Waals surface area (Å²) in [6, 6.07) is 7.50. The van der Waals surface area contributed by atoms with Gasteiger partial charge in [0.2, 0.25) is 6.41 Å². The van der Waals surface area contributed by atoms with E-state index in [9.17, 15) is 4.79 Å². The molecule has 0 aromatic heterocycles. The minimum atomic E-state index is 0.599. The Morgan fingerprint density at radius 1 is 1.42 bits per heavy atom. The van der Waals surface area contributed by atoms with E-state index in [0.717, 1.165) is 11.3 Å². The molecule has 0 atom stereocenters. The zero-order valence-electron chi connectivity index (χ0n) is 6.91. The first-order valence-corrected chi connectivity index (χ1v) is 3.65. The maximum absolute atomic E-state index is 10.0. The Kier molecular flexibility index (Phi) is 3.29. The van der Waals surface area contributed by atoms with E-state index >= 15 is 0 Å². The zero-order valence-corrected chi connectivity index (χ0v) is 6.91. The molecule has 0 aliphatic carbocycles. The molecular weight excluding hydrogens is 154 g/mol. The number of carbonyl (C=O) groups is 1. The SMILES string of the molecule is COCc1ccc(NC=O)cc1. The van der Waals surface area contributed by atoms with E-state index in [0.29, 0.717) is 13.0 Å². The molecule has 0 unspecified atom stereocenters. The highest BCUT2D eigenvalue weighted by Crippen LogP contribution is 2.08. The van der Waals surface area contributed by atoms with Crippen LogP contribution in [-0.2, 0) is 16.1 Å². The quantitative estimate of drug-likeness (QED) is 0.685. The van der Waals surface area contributed by atoms with Crippen LogP contribution >= 0.6 is 0 Å². The van der Waals surface area contributed by atoms with Gasteiger partial charge in [-0.3, -0.25) is 4.79 Å². The molecule has 64 valence electrons. The summed E-state index contributed by atoms with van der Waals surface area (Å²) >= 11 is 0. The van der Waals surface area contributed by atoms with E-state index in [1.807, 2.05) is 24.3 Å². The normalized spacial score (nSPS) is 9.42. The molecule has 1 aromatic carbocycles. The van der Waals surface area contributed by atoms with Crippen molar-refractivity contribution in [3.05, 3.63) is 29.8 Å². The van der Waals surface area contributed by atoms with Gasteiger partial charge >= 0.3 is 0 Å². The molecule has 0 fully saturated rings. The fourth-order valence-electron chi connectivity index (χ4n) is 0.932. The minimum Gasteiger partial charge on any atom is -0.380 e. The minimum absolute atomic E-state index is 0.599. The van der Waals surface area contributed by atoms with E-state index in [-0.39, 0.29) is 0 Å². The van der Waals surface area contributed by atoms with Crippen LogP contribution < -0.4 is 5.32 Å². The number of hydrogen-bond donors (Lipinski definition) is 1. The molecule has 0 aliphatic heterocycles. The molecule has 0 saturated carbocycles. The Balaban J connectivity index is 2.64. The van der Waals surface area contributed by atoms with Gasteiger partial charge in [-0.05, 0) is 17.7 Å². The number of methoxy groups -OCH3 is 1. The summed E-state index contributed by atoms with van der Waals surface area (Å²) in [5, 5.41) is 2.56. The molecule has 0 heterocycles. The number of benzene rings is 1. The predicted octanol–water partition coefficient (Wildman–Crippen LogP) is 1.40.